The molecule has 0 spiro atoms. The molecule has 4 heteroatoms. The number of hydrogen-bond acceptors (Lipinski definition) is 3. The molecule has 0 atom stereocenters. The third kappa shape index (κ3) is 7.11. The van der Waals surface area contributed by atoms with Gasteiger partial charge in [0, 0.05) is 23.6 Å². The lowest BCUT2D eigenvalue weighted by Gasteiger charge is -2.07. The van der Waals surface area contributed by atoms with Crippen LogP contribution in [-0.2, 0) is 4.79 Å². The van der Waals surface area contributed by atoms with Gasteiger partial charge in [-0.2, -0.15) is 0 Å². The maximum absolute atomic E-state index is 11.6. The van der Waals surface area contributed by atoms with Crippen molar-refractivity contribution >= 4 is 17.7 Å². The van der Waals surface area contributed by atoms with E-state index in [4.69, 9.17) is 4.74 Å². The normalized spacial score (nSPS) is 10.5. The van der Waals surface area contributed by atoms with E-state index in [0.29, 0.717) is 12.3 Å². The van der Waals surface area contributed by atoms with Crippen molar-refractivity contribution in [2.24, 2.45) is 5.92 Å². The second kappa shape index (κ2) is 8.86. The number of ether oxygens (including phenoxy) is 1. The fourth-order valence-electron chi connectivity index (χ4n) is 1.52. The Kier molecular flexibility index (Phi) is 7.41. The first-order valence-corrected chi connectivity index (χ1v) is 7.64. The molecule has 0 saturated heterocycles. The molecule has 106 valence electrons. The lowest BCUT2D eigenvalue weighted by molar-refractivity contribution is -0.120. The largest absolute Gasteiger partial charge is 0.497 e. The summed E-state index contributed by atoms with van der Waals surface area (Å²) in [6.07, 6.45) is 1.60. The highest BCUT2D eigenvalue weighted by Gasteiger charge is 2.02. The first-order valence-electron chi connectivity index (χ1n) is 6.65. The van der Waals surface area contributed by atoms with E-state index in [1.165, 1.54) is 0 Å². The predicted octanol–water partition coefficient (Wildman–Crippen LogP) is 3.34. The number of thioether (sulfide) groups is 1. The van der Waals surface area contributed by atoms with Crippen molar-refractivity contribution in [2.75, 3.05) is 19.4 Å². The molecule has 0 radical (unpaired) electrons. The highest BCUT2D eigenvalue weighted by atomic mass is 32.2. The topological polar surface area (TPSA) is 38.3 Å². The van der Waals surface area contributed by atoms with Crippen LogP contribution in [0.3, 0.4) is 0 Å². The predicted molar refractivity (Wildman–Crippen MR) is 80.8 cm³/mol. The van der Waals surface area contributed by atoms with E-state index in [-0.39, 0.29) is 5.91 Å². The Balaban J connectivity index is 2.16. The highest BCUT2D eigenvalue weighted by molar-refractivity contribution is 7.99. The second-order valence-electron chi connectivity index (χ2n) is 4.81. The van der Waals surface area contributed by atoms with Crippen LogP contribution in [0.2, 0.25) is 0 Å². The molecule has 1 aromatic rings. The van der Waals surface area contributed by atoms with Crippen molar-refractivity contribution in [3.8, 4) is 5.75 Å². The maximum Gasteiger partial charge on any atom is 0.220 e. The fraction of sp³-hybridized carbons (Fsp3) is 0.533. The van der Waals surface area contributed by atoms with Crippen LogP contribution in [0.25, 0.3) is 0 Å². The average Bonchev–Trinajstić information content (AvgIpc) is 2.39. The van der Waals surface area contributed by atoms with Crippen LogP contribution in [0.5, 0.6) is 5.75 Å². The molecule has 0 aliphatic heterocycles. The Morgan fingerprint density at radius 1 is 1.32 bits per heavy atom. The van der Waals surface area contributed by atoms with Gasteiger partial charge in [-0.3, -0.25) is 4.79 Å². The van der Waals surface area contributed by atoms with Crippen molar-refractivity contribution in [3.63, 3.8) is 0 Å². The van der Waals surface area contributed by atoms with Gasteiger partial charge in [-0.05, 0) is 36.6 Å². The third-order valence-corrected chi connectivity index (χ3v) is 3.71. The molecular formula is C15H23NO2S. The molecule has 0 saturated carbocycles. The smallest absolute Gasteiger partial charge is 0.220 e. The number of nitrogens with one attached hydrogen (secondary N) is 1. The lowest BCUT2D eigenvalue weighted by Crippen LogP contribution is -2.25. The average molecular weight is 281 g/mol. The molecule has 0 aromatic heterocycles. The molecule has 19 heavy (non-hydrogen) atoms. The van der Waals surface area contributed by atoms with Gasteiger partial charge in [-0.15, -0.1) is 11.8 Å². The van der Waals surface area contributed by atoms with Crippen molar-refractivity contribution in [3.05, 3.63) is 24.3 Å². The van der Waals surface area contributed by atoms with Gasteiger partial charge in [0.15, 0.2) is 0 Å². The summed E-state index contributed by atoms with van der Waals surface area (Å²) in [4.78, 5) is 12.7. The summed E-state index contributed by atoms with van der Waals surface area (Å²) in [6.45, 7) is 5.10. The molecule has 3 nitrogen and oxygen atoms in total. The van der Waals surface area contributed by atoms with Gasteiger partial charge in [-0.25, -0.2) is 0 Å². The summed E-state index contributed by atoms with van der Waals surface area (Å²) >= 11 is 1.69. The first kappa shape index (κ1) is 15.9. The zero-order chi connectivity index (χ0) is 14.1. The van der Waals surface area contributed by atoms with Crippen molar-refractivity contribution < 1.29 is 9.53 Å². The quantitative estimate of drug-likeness (QED) is 0.743. The van der Waals surface area contributed by atoms with Crippen molar-refractivity contribution in [1.82, 2.24) is 5.32 Å². The van der Waals surface area contributed by atoms with Gasteiger partial charge >= 0.3 is 0 Å². The van der Waals surface area contributed by atoms with Gasteiger partial charge in [0.2, 0.25) is 5.91 Å². The Morgan fingerprint density at radius 2 is 2.00 bits per heavy atom. The number of carbonyl (C=O) groups is 1. The van der Waals surface area contributed by atoms with Gasteiger partial charge in [0.05, 0.1) is 7.11 Å². The van der Waals surface area contributed by atoms with Crippen molar-refractivity contribution in [1.29, 1.82) is 0 Å². The Hall–Kier alpha value is -1.16. The highest BCUT2D eigenvalue weighted by Crippen LogP contribution is 2.21. The number of amides is 1. The van der Waals surface area contributed by atoms with E-state index in [9.17, 15) is 4.79 Å². The van der Waals surface area contributed by atoms with Gasteiger partial charge in [0.1, 0.15) is 5.75 Å². The second-order valence-corrected chi connectivity index (χ2v) is 5.97. The summed E-state index contributed by atoms with van der Waals surface area (Å²) in [5.74, 6) is 2.44. The number of methoxy groups -OCH3 is 1. The molecule has 1 aromatic carbocycles. The summed E-state index contributed by atoms with van der Waals surface area (Å²) in [7, 11) is 1.66. The molecule has 0 aliphatic carbocycles. The molecule has 1 rings (SSSR count). The summed E-state index contributed by atoms with van der Waals surface area (Å²) < 4.78 is 5.10. The summed E-state index contributed by atoms with van der Waals surface area (Å²) in [5, 5.41) is 2.95. The van der Waals surface area contributed by atoms with E-state index in [2.05, 4.69) is 19.2 Å². The molecule has 0 heterocycles. The minimum atomic E-state index is 0.140. The minimum absolute atomic E-state index is 0.140. The van der Waals surface area contributed by atoms with E-state index in [0.717, 1.165) is 29.4 Å². The lowest BCUT2D eigenvalue weighted by atomic mass is 10.1. The van der Waals surface area contributed by atoms with Crippen LogP contribution >= 0.6 is 11.8 Å². The minimum Gasteiger partial charge on any atom is -0.497 e. The third-order valence-electron chi connectivity index (χ3n) is 2.70. The Bertz CT molecular complexity index is 376. The Labute approximate surface area is 120 Å². The summed E-state index contributed by atoms with van der Waals surface area (Å²) in [5.41, 5.74) is 0. The van der Waals surface area contributed by atoms with E-state index < -0.39 is 0 Å². The monoisotopic (exact) mass is 281 g/mol. The Morgan fingerprint density at radius 3 is 2.58 bits per heavy atom. The molecule has 1 amide bonds. The fourth-order valence-corrected chi connectivity index (χ4v) is 2.37. The van der Waals surface area contributed by atoms with Gasteiger partial charge < -0.3 is 10.1 Å². The molecule has 0 fully saturated rings. The first-order chi connectivity index (χ1) is 9.11. The molecule has 0 bridgehead atoms. The summed E-state index contributed by atoms with van der Waals surface area (Å²) in [6, 6.07) is 7.90. The molecule has 0 aliphatic rings. The SMILES string of the molecule is COc1ccc(SCCC(=O)NCCC(C)C)cc1. The molecule has 1 N–H and O–H groups in total. The van der Waals surface area contributed by atoms with E-state index in [1.807, 2.05) is 24.3 Å². The number of hydrogen-bond donors (Lipinski definition) is 1. The number of rotatable bonds is 8. The standard InChI is InChI=1S/C15H23NO2S/c1-12(2)8-10-16-15(17)9-11-19-14-6-4-13(18-3)5-7-14/h4-7,12H,8-11H2,1-3H3,(H,16,17). The van der Waals surface area contributed by atoms with Crippen LogP contribution in [0.1, 0.15) is 26.7 Å². The van der Waals surface area contributed by atoms with Crippen LogP contribution < -0.4 is 10.1 Å². The number of carbonyl (C=O) groups excluding carboxylic acids is 1. The van der Waals surface area contributed by atoms with Crippen LogP contribution in [0, 0.1) is 5.92 Å². The van der Waals surface area contributed by atoms with E-state index >= 15 is 0 Å². The van der Waals surface area contributed by atoms with Crippen molar-refractivity contribution in [2.45, 2.75) is 31.6 Å². The molecule has 0 unspecified atom stereocenters. The zero-order valence-corrected chi connectivity index (χ0v) is 12.8. The molecular weight excluding hydrogens is 258 g/mol. The van der Waals surface area contributed by atoms with E-state index in [1.54, 1.807) is 18.9 Å². The maximum atomic E-state index is 11.6. The number of benzene rings is 1. The zero-order valence-electron chi connectivity index (χ0n) is 11.9. The van der Waals surface area contributed by atoms with Gasteiger partial charge in [-0.1, -0.05) is 13.8 Å². The van der Waals surface area contributed by atoms with Crippen LogP contribution in [0.4, 0.5) is 0 Å². The van der Waals surface area contributed by atoms with Crippen LogP contribution in [-0.4, -0.2) is 25.3 Å². The van der Waals surface area contributed by atoms with Gasteiger partial charge in [0.25, 0.3) is 0 Å². The van der Waals surface area contributed by atoms with Crippen LogP contribution in [0.15, 0.2) is 29.2 Å².